The number of aromatic nitrogens is 2. The molecule has 0 spiro atoms. The average Bonchev–Trinajstić information content (AvgIpc) is 3.08. The minimum absolute atomic E-state index is 0.0935. The monoisotopic (exact) mass is 342 g/mol. The van der Waals surface area contributed by atoms with Gasteiger partial charge in [-0.05, 0) is 55.2 Å². The number of rotatable bonds is 3. The first kappa shape index (κ1) is 15.0. The summed E-state index contributed by atoms with van der Waals surface area (Å²) in [5.74, 6) is 0.898. The van der Waals surface area contributed by atoms with E-state index < -0.39 is 0 Å². The van der Waals surface area contributed by atoms with Crippen molar-refractivity contribution in [3.63, 3.8) is 0 Å². The van der Waals surface area contributed by atoms with Gasteiger partial charge in [-0.3, -0.25) is 9.36 Å². The van der Waals surface area contributed by atoms with Crippen molar-refractivity contribution in [2.24, 2.45) is 0 Å². The van der Waals surface area contributed by atoms with Crippen LogP contribution in [0.5, 0.6) is 0 Å². The highest BCUT2D eigenvalue weighted by atomic mass is 32.2. The zero-order valence-corrected chi connectivity index (χ0v) is 14.9. The van der Waals surface area contributed by atoms with Crippen LogP contribution in [-0.4, -0.2) is 15.3 Å². The molecule has 4 rings (SSSR count). The summed E-state index contributed by atoms with van der Waals surface area (Å²) in [6.07, 6.45) is 3.27. The van der Waals surface area contributed by atoms with E-state index >= 15 is 0 Å². The number of hydrogen-bond donors (Lipinski definition) is 0. The number of nitrogens with zero attached hydrogens (tertiary/aromatic N) is 2. The van der Waals surface area contributed by atoms with E-state index in [4.69, 9.17) is 4.98 Å². The fourth-order valence-corrected chi connectivity index (χ4v) is 5.29. The molecule has 1 aliphatic rings. The van der Waals surface area contributed by atoms with Gasteiger partial charge in [0.2, 0.25) is 0 Å². The van der Waals surface area contributed by atoms with Gasteiger partial charge in [-0.25, -0.2) is 4.98 Å². The summed E-state index contributed by atoms with van der Waals surface area (Å²) < 4.78 is 1.80. The first-order valence-electron chi connectivity index (χ1n) is 7.96. The summed E-state index contributed by atoms with van der Waals surface area (Å²) >= 11 is 3.34. The number of thiophene rings is 1. The lowest BCUT2D eigenvalue weighted by Gasteiger charge is -2.12. The molecule has 3 aromatic rings. The van der Waals surface area contributed by atoms with Gasteiger partial charge in [0, 0.05) is 4.88 Å². The van der Waals surface area contributed by atoms with Crippen molar-refractivity contribution in [2.75, 3.05) is 5.75 Å². The molecule has 1 aliphatic carbocycles. The van der Waals surface area contributed by atoms with Crippen molar-refractivity contribution in [2.45, 2.75) is 38.3 Å². The van der Waals surface area contributed by atoms with Crippen LogP contribution in [0.4, 0.5) is 0 Å². The second kappa shape index (κ2) is 5.80. The van der Waals surface area contributed by atoms with Gasteiger partial charge in [-0.1, -0.05) is 30.8 Å². The van der Waals surface area contributed by atoms with Crippen LogP contribution in [0.15, 0.2) is 34.2 Å². The van der Waals surface area contributed by atoms with Gasteiger partial charge in [-0.15, -0.1) is 11.3 Å². The summed E-state index contributed by atoms with van der Waals surface area (Å²) in [5.41, 5.74) is 3.41. The largest absolute Gasteiger partial charge is 0.268 e. The quantitative estimate of drug-likeness (QED) is 0.524. The van der Waals surface area contributed by atoms with Gasteiger partial charge in [-0.2, -0.15) is 0 Å². The zero-order chi connectivity index (χ0) is 16.0. The van der Waals surface area contributed by atoms with Crippen LogP contribution in [0.1, 0.15) is 29.3 Å². The van der Waals surface area contributed by atoms with Crippen LogP contribution in [0.3, 0.4) is 0 Å². The van der Waals surface area contributed by atoms with Crippen molar-refractivity contribution in [1.82, 2.24) is 9.55 Å². The zero-order valence-electron chi connectivity index (χ0n) is 13.3. The third-order valence-corrected chi connectivity index (χ3v) is 6.25. The Labute approximate surface area is 143 Å². The topological polar surface area (TPSA) is 34.9 Å². The van der Waals surface area contributed by atoms with E-state index in [0.717, 1.165) is 51.6 Å². The number of thioether (sulfide) groups is 1. The summed E-state index contributed by atoms with van der Waals surface area (Å²) in [6, 6.07) is 8.10. The molecule has 23 heavy (non-hydrogen) atoms. The number of hydrogen-bond acceptors (Lipinski definition) is 4. The fraction of sp³-hybridized carbons (Fsp3) is 0.333. The van der Waals surface area contributed by atoms with E-state index in [1.165, 1.54) is 10.4 Å². The van der Waals surface area contributed by atoms with E-state index in [2.05, 4.69) is 26.0 Å². The van der Waals surface area contributed by atoms with Crippen molar-refractivity contribution in [3.8, 4) is 5.69 Å². The molecule has 0 aliphatic heterocycles. The summed E-state index contributed by atoms with van der Waals surface area (Å²) in [5, 5.41) is 1.65. The van der Waals surface area contributed by atoms with Crippen molar-refractivity contribution < 1.29 is 0 Å². The third-order valence-electron chi connectivity index (χ3n) is 4.24. The molecule has 2 heterocycles. The molecule has 0 saturated heterocycles. The van der Waals surface area contributed by atoms with Crippen LogP contribution >= 0.6 is 23.1 Å². The van der Waals surface area contributed by atoms with Gasteiger partial charge in [0.15, 0.2) is 5.16 Å². The highest BCUT2D eigenvalue weighted by Crippen LogP contribution is 2.36. The molecule has 0 atom stereocenters. The van der Waals surface area contributed by atoms with Crippen LogP contribution in [-0.2, 0) is 12.8 Å². The number of aryl methyl sites for hydroxylation is 3. The van der Waals surface area contributed by atoms with Crippen LogP contribution in [0.2, 0.25) is 0 Å². The van der Waals surface area contributed by atoms with E-state index in [1.807, 2.05) is 12.1 Å². The van der Waals surface area contributed by atoms with Crippen molar-refractivity contribution in [1.29, 1.82) is 0 Å². The van der Waals surface area contributed by atoms with Gasteiger partial charge in [0.1, 0.15) is 4.83 Å². The first-order chi connectivity index (χ1) is 11.2. The number of fused-ring (bicyclic) bond motifs is 3. The normalized spacial score (nSPS) is 13.7. The molecule has 118 valence electrons. The van der Waals surface area contributed by atoms with Crippen LogP contribution in [0.25, 0.3) is 15.9 Å². The summed E-state index contributed by atoms with van der Waals surface area (Å²) in [7, 11) is 0. The fourth-order valence-electron chi connectivity index (χ4n) is 3.25. The highest BCUT2D eigenvalue weighted by molar-refractivity contribution is 7.99. The Kier molecular flexibility index (Phi) is 3.77. The minimum Gasteiger partial charge on any atom is -0.268 e. The van der Waals surface area contributed by atoms with E-state index in [1.54, 1.807) is 27.7 Å². The van der Waals surface area contributed by atoms with Gasteiger partial charge in [0.05, 0.1) is 11.1 Å². The van der Waals surface area contributed by atoms with Gasteiger partial charge >= 0.3 is 0 Å². The maximum Gasteiger partial charge on any atom is 0.267 e. The Bertz CT molecular complexity index is 956. The third kappa shape index (κ3) is 2.42. The van der Waals surface area contributed by atoms with E-state index in [-0.39, 0.29) is 5.56 Å². The molecule has 0 N–H and O–H groups in total. The van der Waals surface area contributed by atoms with E-state index in [0.29, 0.717) is 0 Å². The van der Waals surface area contributed by atoms with Crippen LogP contribution in [0, 0.1) is 6.92 Å². The van der Waals surface area contributed by atoms with Crippen LogP contribution < -0.4 is 5.56 Å². The molecule has 5 heteroatoms. The van der Waals surface area contributed by atoms with Crippen molar-refractivity contribution >= 4 is 33.3 Å². The Hall–Kier alpha value is -1.59. The lowest BCUT2D eigenvalue weighted by molar-refractivity contribution is 0.820. The lowest BCUT2D eigenvalue weighted by Crippen LogP contribution is -2.22. The summed E-state index contributed by atoms with van der Waals surface area (Å²) in [4.78, 5) is 20.4. The molecule has 1 aromatic carbocycles. The molecule has 0 unspecified atom stereocenters. The predicted octanol–water partition coefficient (Wildman–Crippen LogP) is 4.36. The molecule has 0 bridgehead atoms. The van der Waals surface area contributed by atoms with Gasteiger partial charge < -0.3 is 0 Å². The molecule has 0 fully saturated rings. The van der Waals surface area contributed by atoms with Crippen molar-refractivity contribution in [3.05, 3.63) is 50.6 Å². The molecule has 0 amide bonds. The second-order valence-corrected chi connectivity index (χ2v) is 8.16. The highest BCUT2D eigenvalue weighted by Gasteiger charge is 2.23. The Morgan fingerprint density at radius 1 is 1.35 bits per heavy atom. The smallest absolute Gasteiger partial charge is 0.267 e. The van der Waals surface area contributed by atoms with E-state index in [9.17, 15) is 4.79 Å². The Balaban J connectivity index is 2.06. The standard InChI is InChI=1S/C18H18N2OS2/c1-3-22-18-19-16-15(13-8-5-9-14(13)23-16)17(21)20(18)12-7-4-6-11(2)10-12/h4,6-7,10H,3,5,8-9H2,1-2H3. The Morgan fingerprint density at radius 3 is 3.00 bits per heavy atom. The molecule has 0 saturated carbocycles. The second-order valence-electron chi connectivity index (χ2n) is 5.84. The maximum absolute atomic E-state index is 13.3. The Morgan fingerprint density at radius 2 is 2.22 bits per heavy atom. The minimum atomic E-state index is 0.0935. The maximum atomic E-state index is 13.3. The molecular formula is C18H18N2OS2. The molecule has 0 radical (unpaired) electrons. The SMILES string of the molecule is CCSc1nc2sc3c(c2c(=O)n1-c1cccc(C)c1)CCC3. The molecular weight excluding hydrogens is 324 g/mol. The number of benzene rings is 1. The first-order valence-corrected chi connectivity index (χ1v) is 9.76. The average molecular weight is 342 g/mol. The predicted molar refractivity (Wildman–Crippen MR) is 98.4 cm³/mol. The van der Waals surface area contributed by atoms with Gasteiger partial charge in [0.25, 0.3) is 5.56 Å². The lowest BCUT2D eigenvalue weighted by atomic mass is 10.2. The molecule has 2 aromatic heterocycles. The molecule has 3 nitrogen and oxygen atoms in total. The summed E-state index contributed by atoms with van der Waals surface area (Å²) in [6.45, 7) is 4.14.